The van der Waals surface area contributed by atoms with Crippen molar-refractivity contribution < 1.29 is 10.2 Å². The molecule has 3 heteroatoms. The number of phenolic OH excluding ortho intramolecular Hbond substituents is 1. The number of rotatable bonds is 3. The molecule has 1 aromatic rings. The van der Waals surface area contributed by atoms with Gasteiger partial charge in [-0.3, -0.25) is 0 Å². The van der Waals surface area contributed by atoms with Crippen LogP contribution in [0.4, 0.5) is 0 Å². The van der Waals surface area contributed by atoms with Crippen LogP contribution in [0.2, 0.25) is 0 Å². The molecule has 3 N–H and O–H groups in total. The van der Waals surface area contributed by atoms with E-state index < -0.39 is 0 Å². The van der Waals surface area contributed by atoms with Gasteiger partial charge in [0, 0.05) is 11.6 Å². The lowest BCUT2D eigenvalue weighted by Crippen LogP contribution is -2.37. The van der Waals surface area contributed by atoms with Gasteiger partial charge in [0.2, 0.25) is 0 Å². The highest BCUT2D eigenvalue weighted by Gasteiger charge is 2.44. The van der Waals surface area contributed by atoms with Gasteiger partial charge in [0.1, 0.15) is 5.75 Å². The first kappa shape index (κ1) is 10.1. The Morgan fingerprint density at radius 3 is 2.88 bits per heavy atom. The summed E-state index contributed by atoms with van der Waals surface area (Å²) in [5, 5.41) is 22.6. The summed E-state index contributed by atoms with van der Waals surface area (Å²) in [6.45, 7) is 0.220. The van der Waals surface area contributed by atoms with Gasteiger partial charge in [-0.25, -0.2) is 0 Å². The summed E-state index contributed by atoms with van der Waals surface area (Å²) in [6, 6.07) is 6.02. The second kappa shape index (κ2) is 3.47. The molecule has 0 radical (unpaired) electrons. The number of fused-ring (bicyclic) bond motifs is 1. The van der Waals surface area contributed by atoms with Crippen molar-refractivity contribution in [2.75, 3.05) is 6.61 Å². The molecular weight excluding hydrogens is 202 g/mol. The molecule has 0 aliphatic heterocycles. The first-order chi connectivity index (χ1) is 7.74. The zero-order chi connectivity index (χ0) is 11.2. The Labute approximate surface area is 95.1 Å². The molecule has 0 amide bonds. The molecule has 1 unspecified atom stereocenters. The topological polar surface area (TPSA) is 52.5 Å². The van der Waals surface area contributed by atoms with Crippen molar-refractivity contribution >= 4 is 0 Å². The Kier molecular flexibility index (Phi) is 2.19. The lowest BCUT2D eigenvalue weighted by Gasteiger charge is -2.21. The van der Waals surface area contributed by atoms with Crippen LogP contribution in [0.15, 0.2) is 18.2 Å². The summed E-state index contributed by atoms with van der Waals surface area (Å²) in [4.78, 5) is 0. The summed E-state index contributed by atoms with van der Waals surface area (Å²) in [5.41, 5.74) is 2.26. The lowest BCUT2D eigenvalue weighted by atomic mass is 10.1. The summed E-state index contributed by atoms with van der Waals surface area (Å²) >= 11 is 0. The van der Waals surface area contributed by atoms with Crippen LogP contribution in [0.5, 0.6) is 5.75 Å². The Hall–Kier alpha value is -1.06. The molecule has 1 fully saturated rings. The van der Waals surface area contributed by atoms with Crippen molar-refractivity contribution in [1.82, 2.24) is 5.32 Å². The third-order valence-electron chi connectivity index (χ3n) is 3.88. The van der Waals surface area contributed by atoms with E-state index in [1.165, 1.54) is 5.56 Å². The van der Waals surface area contributed by atoms with Crippen LogP contribution in [0.1, 0.15) is 36.4 Å². The maximum atomic E-state index is 9.74. The molecule has 3 nitrogen and oxygen atoms in total. The summed E-state index contributed by atoms with van der Waals surface area (Å²) in [5.74, 6) is 0.413. The number of phenols is 1. The average molecular weight is 219 g/mol. The van der Waals surface area contributed by atoms with Gasteiger partial charge in [0.25, 0.3) is 0 Å². The summed E-state index contributed by atoms with van der Waals surface area (Å²) in [7, 11) is 0. The van der Waals surface area contributed by atoms with Crippen molar-refractivity contribution in [3.63, 3.8) is 0 Å². The fraction of sp³-hybridized carbons (Fsp3) is 0.538. The van der Waals surface area contributed by atoms with E-state index in [-0.39, 0.29) is 12.1 Å². The molecule has 16 heavy (non-hydrogen) atoms. The van der Waals surface area contributed by atoms with Crippen molar-refractivity contribution in [2.24, 2.45) is 0 Å². The van der Waals surface area contributed by atoms with Crippen LogP contribution in [-0.2, 0) is 6.42 Å². The molecule has 0 spiro atoms. The third-order valence-corrected chi connectivity index (χ3v) is 3.88. The van der Waals surface area contributed by atoms with E-state index in [1.54, 1.807) is 6.07 Å². The standard InChI is InChI=1S/C13H17NO2/c15-8-13(6-7-13)14-11-5-4-10-9(11)2-1-3-12(10)16/h1-3,11,14-16H,4-8H2. The predicted molar refractivity (Wildman–Crippen MR) is 61.4 cm³/mol. The maximum Gasteiger partial charge on any atom is 0.119 e. The van der Waals surface area contributed by atoms with E-state index in [1.807, 2.05) is 6.07 Å². The molecule has 2 aliphatic carbocycles. The Morgan fingerprint density at radius 2 is 2.19 bits per heavy atom. The van der Waals surface area contributed by atoms with Crippen molar-refractivity contribution in [2.45, 2.75) is 37.3 Å². The minimum Gasteiger partial charge on any atom is -0.508 e. The zero-order valence-corrected chi connectivity index (χ0v) is 9.24. The SMILES string of the molecule is OCC1(NC2CCc3c(O)cccc32)CC1. The van der Waals surface area contributed by atoms with E-state index in [2.05, 4.69) is 11.4 Å². The maximum absolute atomic E-state index is 9.74. The van der Waals surface area contributed by atoms with Crippen molar-refractivity contribution in [3.8, 4) is 5.75 Å². The highest BCUT2D eigenvalue weighted by molar-refractivity contribution is 5.44. The lowest BCUT2D eigenvalue weighted by molar-refractivity contribution is 0.218. The number of hydrogen-bond donors (Lipinski definition) is 3. The van der Waals surface area contributed by atoms with Gasteiger partial charge < -0.3 is 15.5 Å². The van der Waals surface area contributed by atoms with Crippen LogP contribution in [0, 0.1) is 0 Å². The average Bonchev–Trinajstić information content (AvgIpc) is 2.95. The van der Waals surface area contributed by atoms with E-state index in [0.717, 1.165) is 31.2 Å². The number of aromatic hydroxyl groups is 1. The van der Waals surface area contributed by atoms with Gasteiger partial charge >= 0.3 is 0 Å². The van der Waals surface area contributed by atoms with E-state index >= 15 is 0 Å². The van der Waals surface area contributed by atoms with E-state index in [0.29, 0.717) is 11.8 Å². The largest absolute Gasteiger partial charge is 0.508 e. The van der Waals surface area contributed by atoms with Gasteiger partial charge in [-0.05, 0) is 42.9 Å². The van der Waals surface area contributed by atoms with Crippen LogP contribution in [0.3, 0.4) is 0 Å². The molecule has 1 aromatic carbocycles. The second-order valence-corrected chi connectivity index (χ2v) is 5.02. The Bertz CT molecular complexity index is 412. The number of aliphatic hydroxyl groups is 1. The summed E-state index contributed by atoms with van der Waals surface area (Å²) in [6.07, 6.45) is 4.08. The number of benzene rings is 1. The molecule has 0 aromatic heterocycles. The first-order valence-electron chi connectivity index (χ1n) is 5.93. The zero-order valence-electron chi connectivity index (χ0n) is 9.24. The first-order valence-corrected chi connectivity index (χ1v) is 5.93. The Balaban J connectivity index is 1.84. The second-order valence-electron chi connectivity index (χ2n) is 5.02. The molecule has 1 atom stereocenters. The smallest absolute Gasteiger partial charge is 0.119 e. The minimum atomic E-state index is -0.0300. The number of hydrogen-bond acceptors (Lipinski definition) is 3. The predicted octanol–water partition coefficient (Wildman–Crippen LogP) is 1.49. The van der Waals surface area contributed by atoms with Gasteiger partial charge in [0.15, 0.2) is 0 Å². The summed E-state index contributed by atoms with van der Waals surface area (Å²) < 4.78 is 0. The quantitative estimate of drug-likeness (QED) is 0.722. The van der Waals surface area contributed by atoms with Crippen LogP contribution in [-0.4, -0.2) is 22.4 Å². The van der Waals surface area contributed by atoms with Crippen molar-refractivity contribution in [1.29, 1.82) is 0 Å². The van der Waals surface area contributed by atoms with E-state index in [4.69, 9.17) is 0 Å². The van der Waals surface area contributed by atoms with Gasteiger partial charge in [-0.2, -0.15) is 0 Å². The Morgan fingerprint density at radius 1 is 1.38 bits per heavy atom. The molecule has 3 rings (SSSR count). The number of aliphatic hydroxyl groups excluding tert-OH is 1. The molecule has 86 valence electrons. The molecule has 0 bridgehead atoms. The van der Waals surface area contributed by atoms with Crippen molar-refractivity contribution in [3.05, 3.63) is 29.3 Å². The molecule has 0 heterocycles. The molecular formula is C13H17NO2. The fourth-order valence-electron chi connectivity index (χ4n) is 2.65. The molecule has 1 saturated carbocycles. The van der Waals surface area contributed by atoms with Crippen LogP contribution < -0.4 is 5.32 Å². The van der Waals surface area contributed by atoms with Crippen LogP contribution in [0.25, 0.3) is 0 Å². The van der Waals surface area contributed by atoms with Gasteiger partial charge in [0.05, 0.1) is 6.61 Å². The monoisotopic (exact) mass is 219 g/mol. The fourth-order valence-corrected chi connectivity index (χ4v) is 2.65. The normalized spacial score (nSPS) is 25.4. The third kappa shape index (κ3) is 1.51. The van der Waals surface area contributed by atoms with Gasteiger partial charge in [-0.15, -0.1) is 0 Å². The molecule has 0 saturated heterocycles. The highest BCUT2D eigenvalue weighted by atomic mass is 16.3. The number of nitrogens with one attached hydrogen (secondary N) is 1. The molecule has 2 aliphatic rings. The minimum absolute atomic E-state index is 0.0300. The van der Waals surface area contributed by atoms with E-state index in [9.17, 15) is 10.2 Å². The van der Waals surface area contributed by atoms with Gasteiger partial charge in [-0.1, -0.05) is 12.1 Å². The van der Waals surface area contributed by atoms with Crippen LogP contribution >= 0.6 is 0 Å². The highest BCUT2D eigenvalue weighted by Crippen LogP contribution is 2.42.